The van der Waals surface area contributed by atoms with Crippen LogP contribution >= 0.6 is 0 Å². The molecular weight excluding hydrogens is 268 g/mol. The lowest BCUT2D eigenvalue weighted by Crippen LogP contribution is -2.46. The molecule has 1 saturated carbocycles. The molecule has 120 valence electrons. The third-order valence-corrected chi connectivity index (χ3v) is 3.69. The molecule has 0 spiro atoms. The van der Waals surface area contributed by atoms with Crippen LogP contribution in [0.2, 0.25) is 0 Å². The van der Waals surface area contributed by atoms with Gasteiger partial charge in [0.25, 0.3) is 0 Å². The molecule has 0 bridgehead atoms. The molecule has 2 rings (SSSR count). The van der Waals surface area contributed by atoms with E-state index in [-0.39, 0.29) is 12.2 Å². The molecule has 0 aromatic carbocycles. The summed E-state index contributed by atoms with van der Waals surface area (Å²) in [5.74, 6) is 0.666. The van der Waals surface area contributed by atoms with Gasteiger partial charge in [-0.2, -0.15) is 0 Å². The minimum absolute atomic E-state index is 0.248. The first-order valence-electron chi connectivity index (χ1n) is 7.95. The Labute approximate surface area is 127 Å². The van der Waals surface area contributed by atoms with E-state index in [1.165, 1.54) is 12.8 Å². The van der Waals surface area contributed by atoms with Crippen molar-refractivity contribution < 1.29 is 14.3 Å². The number of alkyl carbamates (subject to hydrolysis) is 1. The van der Waals surface area contributed by atoms with Crippen molar-refractivity contribution in [2.75, 3.05) is 13.1 Å². The predicted molar refractivity (Wildman–Crippen MR) is 82.0 cm³/mol. The zero-order valence-electron chi connectivity index (χ0n) is 13.4. The van der Waals surface area contributed by atoms with Gasteiger partial charge in [-0.25, -0.2) is 4.79 Å². The van der Waals surface area contributed by atoms with Gasteiger partial charge in [0.1, 0.15) is 11.7 Å². The second kappa shape index (κ2) is 7.16. The number of amides is 1. The van der Waals surface area contributed by atoms with Gasteiger partial charge in [0, 0.05) is 19.1 Å². The zero-order chi connectivity index (χ0) is 15.3. The first kappa shape index (κ1) is 16.1. The quantitative estimate of drug-likeness (QED) is 0.791. The van der Waals surface area contributed by atoms with Gasteiger partial charge in [-0.3, -0.25) is 0 Å². The topological polar surface area (TPSA) is 59.6 Å². The van der Waals surface area contributed by atoms with E-state index in [0.29, 0.717) is 18.5 Å². The molecule has 5 nitrogen and oxygen atoms in total. The van der Waals surface area contributed by atoms with Gasteiger partial charge in [-0.1, -0.05) is 0 Å². The molecule has 0 aromatic rings. The summed E-state index contributed by atoms with van der Waals surface area (Å²) in [7, 11) is 0. The Morgan fingerprint density at radius 1 is 1.38 bits per heavy atom. The third-order valence-electron chi connectivity index (χ3n) is 3.69. The highest BCUT2D eigenvalue weighted by atomic mass is 16.6. The van der Waals surface area contributed by atoms with Gasteiger partial charge < -0.3 is 20.1 Å². The van der Waals surface area contributed by atoms with E-state index in [2.05, 4.69) is 16.7 Å². The summed E-state index contributed by atoms with van der Waals surface area (Å²) in [6, 6.07) is 0.312. The summed E-state index contributed by atoms with van der Waals surface area (Å²) < 4.78 is 10.8. The molecule has 2 atom stereocenters. The second-order valence-corrected chi connectivity index (χ2v) is 6.94. The van der Waals surface area contributed by atoms with E-state index >= 15 is 0 Å². The van der Waals surface area contributed by atoms with E-state index in [9.17, 15) is 4.79 Å². The van der Waals surface area contributed by atoms with Gasteiger partial charge in [-0.05, 0) is 58.4 Å². The van der Waals surface area contributed by atoms with Crippen LogP contribution in [-0.4, -0.2) is 36.9 Å². The van der Waals surface area contributed by atoms with Crippen LogP contribution in [0.3, 0.4) is 0 Å². The lowest BCUT2D eigenvalue weighted by Gasteiger charge is -2.25. The Kier molecular flexibility index (Phi) is 5.51. The van der Waals surface area contributed by atoms with Crippen molar-refractivity contribution in [3.05, 3.63) is 12.3 Å². The highest BCUT2D eigenvalue weighted by Gasteiger charge is 2.32. The van der Waals surface area contributed by atoms with E-state index in [0.717, 1.165) is 19.4 Å². The number of allylic oxidation sites excluding steroid dienone is 1. The molecule has 0 radical (unpaired) electrons. The maximum atomic E-state index is 11.7. The number of carbonyl (C=O) groups excluding carboxylic acids is 1. The average molecular weight is 296 g/mol. The number of ether oxygens (including phenoxy) is 2. The molecule has 5 heteroatoms. The van der Waals surface area contributed by atoms with Crippen LogP contribution in [0.25, 0.3) is 0 Å². The van der Waals surface area contributed by atoms with Crippen LogP contribution in [0.1, 0.15) is 46.5 Å². The standard InChI is InChI=1S/C16H28N2O3/c1-16(2,3)21-15(19)18-11-14(12-7-8-12)17-10-13-6-4-5-9-20-13/h5,9,12-14,17H,4,6-8,10-11H2,1-3H3,(H,18,19). The van der Waals surface area contributed by atoms with Crippen LogP contribution in [0.5, 0.6) is 0 Å². The number of rotatable bonds is 6. The smallest absolute Gasteiger partial charge is 0.407 e. The van der Waals surface area contributed by atoms with Crippen LogP contribution < -0.4 is 10.6 Å². The summed E-state index contributed by atoms with van der Waals surface area (Å²) in [6.45, 7) is 7.06. The Bertz CT molecular complexity index is 372. The summed E-state index contributed by atoms with van der Waals surface area (Å²) in [5.41, 5.74) is -0.450. The highest BCUT2D eigenvalue weighted by molar-refractivity contribution is 5.67. The first-order valence-corrected chi connectivity index (χ1v) is 7.95. The molecule has 0 aromatic heterocycles. The lowest BCUT2D eigenvalue weighted by molar-refractivity contribution is 0.0519. The van der Waals surface area contributed by atoms with Crippen molar-refractivity contribution in [2.45, 2.75) is 64.2 Å². The molecule has 1 aliphatic carbocycles. The number of carbonyl (C=O) groups is 1. The SMILES string of the molecule is CC(C)(C)OC(=O)NCC(NCC1CCC=CO1)C1CC1. The minimum atomic E-state index is -0.450. The lowest BCUT2D eigenvalue weighted by atomic mass is 10.1. The molecule has 2 aliphatic rings. The van der Waals surface area contributed by atoms with Crippen LogP contribution in [0.15, 0.2) is 12.3 Å². The normalized spacial score (nSPS) is 23.3. The number of nitrogens with one attached hydrogen (secondary N) is 2. The molecule has 2 unspecified atom stereocenters. The molecule has 0 saturated heterocycles. The van der Waals surface area contributed by atoms with E-state index in [4.69, 9.17) is 9.47 Å². The van der Waals surface area contributed by atoms with Gasteiger partial charge in [0.05, 0.1) is 6.26 Å². The number of hydrogen-bond acceptors (Lipinski definition) is 4. The molecule has 1 heterocycles. The molecule has 21 heavy (non-hydrogen) atoms. The maximum Gasteiger partial charge on any atom is 0.407 e. The summed E-state index contributed by atoms with van der Waals surface area (Å²) in [5, 5.41) is 6.41. The van der Waals surface area contributed by atoms with Gasteiger partial charge in [-0.15, -0.1) is 0 Å². The predicted octanol–water partition coefficient (Wildman–Crippen LogP) is 2.57. The van der Waals surface area contributed by atoms with E-state index < -0.39 is 5.60 Å². The monoisotopic (exact) mass is 296 g/mol. The highest BCUT2D eigenvalue weighted by Crippen LogP contribution is 2.32. The summed E-state index contributed by atoms with van der Waals surface area (Å²) in [6.07, 6.45) is 8.36. The first-order chi connectivity index (χ1) is 9.94. The molecule has 1 amide bonds. The summed E-state index contributed by atoms with van der Waals surface area (Å²) >= 11 is 0. The average Bonchev–Trinajstić information content (AvgIpc) is 3.22. The van der Waals surface area contributed by atoms with Crippen molar-refractivity contribution in [1.29, 1.82) is 0 Å². The van der Waals surface area contributed by atoms with Crippen molar-refractivity contribution in [2.24, 2.45) is 5.92 Å². The van der Waals surface area contributed by atoms with Crippen molar-refractivity contribution in [1.82, 2.24) is 10.6 Å². The van der Waals surface area contributed by atoms with Crippen molar-refractivity contribution >= 4 is 6.09 Å². The fourth-order valence-electron chi connectivity index (χ4n) is 2.43. The maximum absolute atomic E-state index is 11.7. The molecule has 1 aliphatic heterocycles. The van der Waals surface area contributed by atoms with Crippen molar-refractivity contribution in [3.8, 4) is 0 Å². The van der Waals surface area contributed by atoms with E-state index in [1.54, 1.807) is 6.26 Å². The molecule has 1 fully saturated rings. The Morgan fingerprint density at radius 2 is 2.14 bits per heavy atom. The van der Waals surface area contributed by atoms with Gasteiger partial charge >= 0.3 is 6.09 Å². The number of hydrogen-bond donors (Lipinski definition) is 2. The summed E-state index contributed by atoms with van der Waals surface area (Å²) in [4.78, 5) is 11.7. The fraction of sp³-hybridized carbons (Fsp3) is 0.812. The van der Waals surface area contributed by atoms with E-state index in [1.807, 2.05) is 20.8 Å². The zero-order valence-corrected chi connectivity index (χ0v) is 13.4. The van der Waals surface area contributed by atoms with Crippen LogP contribution in [0.4, 0.5) is 4.79 Å². The Hall–Kier alpha value is -1.23. The van der Waals surface area contributed by atoms with Gasteiger partial charge in [0.15, 0.2) is 0 Å². The van der Waals surface area contributed by atoms with Gasteiger partial charge in [0.2, 0.25) is 0 Å². The van der Waals surface area contributed by atoms with Crippen molar-refractivity contribution in [3.63, 3.8) is 0 Å². The Balaban J connectivity index is 1.69. The molecular formula is C16H28N2O3. The minimum Gasteiger partial charge on any atom is -0.497 e. The Morgan fingerprint density at radius 3 is 2.71 bits per heavy atom. The van der Waals surface area contributed by atoms with Crippen LogP contribution in [-0.2, 0) is 9.47 Å². The fourth-order valence-corrected chi connectivity index (χ4v) is 2.43. The third kappa shape index (κ3) is 6.38. The largest absolute Gasteiger partial charge is 0.497 e. The second-order valence-electron chi connectivity index (χ2n) is 6.94. The van der Waals surface area contributed by atoms with Crippen LogP contribution in [0, 0.1) is 5.92 Å². The molecule has 2 N–H and O–H groups in total.